The quantitative estimate of drug-likeness (QED) is 0.436. The van der Waals surface area contributed by atoms with Crippen LogP contribution in [0.3, 0.4) is 0 Å². The highest BCUT2D eigenvalue weighted by atomic mass is 32.2. The molecule has 0 aromatic rings. The molecule has 2 rings (SSSR count). The van der Waals surface area contributed by atoms with Gasteiger partial charge in [-0.15, -0.1) is 0 Å². The fourth-order valence-electron chi connectivity index (χ4n) is 2.28. The lowest BCUT2D eigenvalue weighted by atomic mass is 10.2. The van der Waals surface area contributed by atoms with Crippen molar-refractivity contribution < 1.29 is 14.3 Å². The Labute approximate surface area is 106 Å². The second-order valence-electron chi connectivity index (χ2n) is 4.57. The maximum Gasteiger partial charge on any atom is 0.263 e. The zero-order valence-electron chi connectivity index (χ0n) is 10.1. The van der Waals surface area contributed by atoms with E-state index >= 15 is 0 Å². The first kappa shape index (κ1) is 13.1. The van der Waals surface area contributed by atoms with Crippen molar-refractivity contribution in [1.82, 2.24) is 5.43 Å². The Hall–Kier alpha value is -0.300. The van der Waals surface area contributed by atoms with Crippen LogP contribution < -0.4 is 11.3 Å². The maximum absolute atomic E-state index is 11.3. The number of rotatable bonds is 4. The Balaban J connectivity index is 1.69. The molecule has 0 spiro atoms. The Morgan fingerprint density at radius 3 is 2.94 bits per heavy atom. The first-order valence-electron chi connectivity index (χ1n) is 6.10. The zero-order chi connectivity index (χ0) is 12.3. The largest absolute Gasteiger partial charge is 0.377 e. The van der Waals surface area contributed by atoms with Crippen LogP contribution in [0.1, 0.15) is 26.2 Å². The summed E-state index contributed by atoms with van der Waals surface area (Å²) in [4.78, 5) is 11.3. The lowest BCUT2D eigenvalue weighted by Gasteiger charge is -2.17. The molecule has 0 aromatic carbocycles. The van der Waals surface area contributed by atoms with Crippen molar-refractivity contribution in [3.63, 3.8) is 0 Å². The van der Waals surface area contributed by atoms with Crippen molar-refractivity contribution in [3.8, 4) is 0 Å². The van der Waals surface area contributed by atoms with Crippen LogP contribution in [0.15, 0.2) is 0 Å². The fraction of sp³-hybridized carbons (Fsp3) is 0.909. The maximum atomic E-state index is 11.3. The summed E-state index contributed by atoms with van der Waals surface area (Å²) in [7, 11) is 0. The lowest BCUT2D eigenvalue weighted by Crippen LogP contribution is -2.39. The normalized spacial score (nSPS) is 37.3. The van der Waals surface area contributed by atoms with Crippen LogP contribution in [0.25, 0.3) is 0 Å². The number of carbonyl (C=O) groups is 1. The minimum absolute atomic E-state index is 0.176. The molecule has 0 saturated carbocycles. The van der Waals surface area contributed by atoms with Crippen molar-refractivity contribution in [1.29, 1.82) is 0 Å². The van der Waals surface area contributed by atoms with Gasteiger partial charge < -0.3 is 9.47 Å². The summed E-state index contributed by atoms with van der Waals surface area (Å²) in [6.45, 7) is 2.98. The van der Waals surface area contributed by atoms with Crippen molar-refractivity contribution >= 4 is 17.7 Å². The SMILES string of the molecule is CC1OCCC1SCC1CCC(C(=O)NN)O1. The van der Waals surface area contributed by atoms with Gasteiger partial charge in [-0.3, -0.25) is 10.2 Å². The molecule has 1 amide bonds. The minimum Gasteiger partial charge on any atom is -0.377 e. The molecule has 2 aliphatic rings. The monoisotopic (exact) mass is 260 g/mol. The van der Waals surface area contributed by atoms with Gasteiger partial charge in [0, 0.05) is 17.6 Å². The molecule has 0 radical (unpaired) electrons. The first-order chi connectivity index (χ1) is 8.20. The molecular weight excluding hydrogens is 240 g/mol. The summed E-state index contributed by atoms with van der Waals surface area (Å²) in [5, 5.41) is 0.570. The smallest absolute Gasteiger partial charge is 0.263 e. The van der Waals surface area contributed by atoms with E-state index in [1.165, 1.54) is 0 Å². The summed E-state index contributed by atoms with van der Waals surface area (Å²) in [6, 6.07) is 0. The van der Waals surface area contributed by atoms with E-state index in [4.69, 9.17) is 15.3 Å². The molecule has 4 unspecified atom stereocenters. The number of hydrogen-bond donors (Lipinski definition) is 2. The van der Waals surface area contributed by atoms with E-state index in [2.05, 4.69) is 12.3 Å². The highest BCUT2D eigenvalue weighted by Gasteiger charge is 2.32. The van der Waals surface area contributed by atoms with Gasteiger partial charge in [0.05, 0.1) is 12.2 Å². The Morgan fingerprint density at radius 1 is 1.47 bits per heavy atom. The number of carbonyl (C=O) groups excluding carboxylic acids is 1. The van der Waals surface area contributed by atoms with Crippen LogP contribution in [0.2, 0.25) is 0 Å². The Kier molecular flexibility index (Phi) is 4.67. The number of amides is 1. The summed E-state index contributed by atoms with van der Waals surface area (Å²) >= 11 is 1.90. The second kappa shape index (κ2) is 6.04. The second-order valence-corrected chi connectivity index (χ2v) is 5.84. The fourth-order valence-corrected chi connectivity index (χ4v) is 3.60. The van der Waals surface area contributed by atoms with Crippen molar-refractivity contribution in [2.45, 2.75) is 49.7 Å². The van der Waals surface area contributed by atoms with E-state index in [1.54, 1.807) is 0 Å². The van der Waals surface area contributed by atoms with Crippen LogP contribution in [0.5, 0.6) is 0 Å². The van der Waals surface area contributed by atoms with Crippen molar-refractivity contribution in [3.05, 3.63) is 0 Å². The average molecular weight is 260 g/mol. The van der Waals surface area contributed by atoms with Gasteiger partial charge in [-0.2, -0.15) is 11.8 Å². The van der Waals surface area contributed by atoms with E-state index in [-0.39, 0.29) is 18.1 Å². The number of nitrogens with one attached hydrogen (secondary N) is 1. The molecule has 2 saturated heterocycles. The van der Waals surface area contributed by atoms with Gasteiger partial charge in [0.1, 0.15) is 6.10 Å². The molecule has 98 valence electrons. The summed E-state index contributed by atoms with van der Waals surface area (Å²) < 4.78 is 11.2. The van der Waals surface area contributed by atoms with Crippen molar-refractivity contribution in [2.24, 2.45) is 5.84 Å². The predicted octanol–water partition coefficient (Wildman–Crippen LogP) is 0.435. The molecule has 0 aliphatic carbocycles. The zero-order valence-corrected chi connectivity index (χ0v) is 10.9. The predicted molar refractivity (Wildman–Crippen MR) is 66.5 cm³/mol. The van der Waals surface area contributed by atoms with Crippen LogP contribution in [-0.4, -0.2) is 41.8 Å². The molecule has 5 nitrogen and oxygen atoms in total. The molecule has 4 atom stereocenters. The highest BCUT2D eigenvalue weighted by Crippen LogP contribution is 2.30. The summed E-state index contributed by atoms with van der Waals surface area (Å²) in [5.74, 6) is 5.81. The standard InChI is InChI=1S/C11H20N2O3S/c1-7-10(4-5-15-7)17-6-8-2-3-9(16-8)11(14)13-12/h7-10H,2-6,12H2,1H3,(H,13,14). The molecule has 0 bridgehead atoms. The van der Waals surface area contributed by atoms with Gasteiger partial charge in [-0.25, -0.2) is 5.84 Å². The third-order valence-corrected chi connectivity index (χ3v) is 4.96. The topological polar surface area (TPSA) is 73.6 Å². The van der Waals surface area contributed by atoms with Crippen molar-refractivity contribution in [2.75, 3.05) is 12.4 Å². The van der Waals surface area contributed by atoms with Crippen LogP contribution >= 0.6 is 11.8 Å². The van der Waals surface area contributed by atoms with Gasteiger partial charge in [-0.05, 0) is 26.2 Å². The van der Waals surface area contributed by atoms with E-state index < -0.39 is 0 Å². The van der Waals surface area contributed by atoms with E-state index in [9.17, 15) is 4.79 Å². The van der Waals surface area contributed by atoms with Gasteiger partial charge in [0.2, 0.25) is 0 Å². The average Bonchev–Trinajstić information content (AvgIpc) is 2.94. The molecule has 17 heavy (non-hydrogen) atoms. The van der Waals surface area contributed by atoms with E-state index in [0.717, 1.165) is 31.6 Å². The molecule has 2 fully saturated rings. The summed E-state index contributed by atoms with van der Waals surface area (Å²) in [6.07, 6.45) is 2.98. The first-order valence-corrected chi connectivity index (χ1v) is 7.14. The third kappa shape index (κ3) is 3.34. The molecule has 3 N–H and O–H groups in total. The van der Waals surface area contributed by atoms with E-state index in [0.29, 0.717) is 11.4 Å². The summed E-state index contributed by atoms with van der Waals surface area (Å²) in [5.41, 5.74) is 2.14. The number of thioether (sulfide) groups is 1. The Bertz CT molecular complexity index is 277. The molecule has 6 heteroatoms. The van der Waals surface area contributed by atoms with Gasteiger partial charge in [0.15, 0.2) is 0 Å². The van der Waals surface area contributed by atoms with Gasteiger partial charge in [0.25, 0.3) is 5.91 Å². The number of hydrogen-bond acceptors (Lipinski definition) is 5. The van der Waals surface area contributed by atoms with Crippen LogP contribution in [0.4, 0.5) is 0 Å². The van der Waals surface area contributed by atoms with E-state index in [1.807, 2.05) is 11.8 Å². The number of hydrazine groups is 1. The Morgan fingerprint density at radius 2 is 2.29 bits per heavy atom. The lowest BCUT2D eigenvalue weighted by molar-refractivity contribution is -0.131. The highest BCUT2D eigenvalue weighted by molar-refractivity contribution is 8.00. The van der Waals surface area contributed by atoms with Crippen LogP contribution in [0, 0.1) is 0 Å². The van der Waals surface area contributed by atoms with Gasteiger partial charge in [-0.1, -0.05) is 0 Å². The van der Waals surface area contributed by atoms with Gasteiger partial charge >= 0.3 is 0 Å². The molecular formula is C11H20N2O3S. The minimum atomic E-state index is -0.358. The third-order valence-electron chi connectivity index (χ3n) is 3.35. The molecule has 0 aromatic heterocycles. The number of nitrogens with two attached hydrogens (primary N) is 1. The molecule has 2 aliphatic heterocycles. The number of ether oxygens (including phenoxy) is 2. The molecule has 2 heterocycles. The van der Waals surface area contributed by atoms with Crippen LogP contribution in [-0.2, 0) is 14.3 Å².